The summed E-state index contributed by atoms with van der Waals surface area (Å²) in [5, 5.41) is 0. The Morgan fingerprint density at radius 1 is 1.09 bits per heavy atom. The highest BCUT2D eigenvalue weighted by Crippen LogP contribution is 2.24. The average molecular weight is 456 g/mol. The average Bonchev–Trinajstić information content (AvgIpc) is 3.22. The Balaban J connectivity index is 2.10. The normalized spacial score (nSPS) is 12.2. The van der Waals surface area contributed by atoms with Crippen LogP contribution in [0.1, 0.15) is 38.5 Å². The van der Waals surface area contributed by atoms with Gasteiger partial charge in [-0.15, -0.1) is 0 Å². The van der Waals surface area contributed by atoms with E-state index in [1.54, 1.807) is 38.4 Å². The van der Waals surface area contributed by atoms with E-state index in [0.29, 0.717) is 12.1 Å². The molecule has 0 spiro atoms. The highest BCUT2D eigenvalue weighted by molar-refractivity contribution is 5.81. The maximum Gasteiger partial charge on any atom is 0.332 e. The number of esters is 1. The van der Waals surface area contributed by atoms with Crippen molar-refractivity contribution in [2.45, 2.75) is 39.5 Å². The maximum atomic E-state index is 13.1. The third-order valence-electron chi connectivity index (χ3n) is 5.23. The number of nitrogens with zero attached hydrogens (tertiary/aromatic N) is 5. The largest absolute Gasteiger partial charge is 0.437 e. The second kappa shape index (κ2) is 9.85. The summed E-state index contributed by atoms with van der Waals surface area (Å²) in [5.74, 6) is -0.637. The summed E-state index contributed by atoms with van der Waals surface area (Å²) in [6.07, 6.45) is 0.311. The van der Waals surface area contributed by atoms with Gasteiger partial charge in [0.05, 0.1) is 6.42 Å². The fourth-order valence-corrected chi connectivity index (χ4v) is 3.50. The molecular weight excluding hydrogens is 426 g/mol. The third-order valence-corrected chi connectivity index (χ3v) is 5.23. The lowest BCUT2D eigenvalue weighted by Gasteiger charge is -2.21. The van der Waals surface area contributed by atoms with Gasteiger partial charge in [-0.2, -0.15) is 0 Å². The van der Waals surface area contributed by atoms with Gasteiger partial charge in [0.25, 0.3) is 5.56 Å². The molecule has 0 fully saturated rings. The molecule has 0 N–H and O–H groups in total. The Kier molecular flexibility index (Phi) is 7.15. The quantitative estimate of drug-likeness (QED) is 0.477. The van der Waals surface area contributed by atoms with Gasteiger partial charge >= 0.3 is 11.7 Å². The van der Waals surface area contributed by atoms with E-state index in [0.717, 1.165) is 4.57 Å². The van der Waals surface area contributed by atoms with Crippen LogP contribution < -0.4 is 11.2 Å². The molecule has 0 aliphatic carbocycles. The Labute approximate surface area is 191 Å². The predicted molar refractivity (Wildman–Crippen MR) is 123 cm³/mol. The van der Waals surface area contributed by atoms with Crippen molar-refractivity contribution < 1.29 is 14.3 Å². The number of rotatable bonds is 8. The number of carbonyl (C=O) groups excluding carboxylic acids is 2. The lowest BCUT2D eigenvalue weighted by Crippen LogP contribution is -2.39. The van der Waals surface area contributed by atoms with Crippen molar-refractivity contribution in [1.82, 2.24) is 23.6 Å². The molecule has 10 nitrogen and oxygen atoms in total. The summed E-state index contributed by atoms with van der Waals surface area (Å²) in [6.45, 7) is 4.30. The van der Waals surface area contributed by atoms with Crippen LogP contribution in [0.5, 0.6) is 0 Å². The van der Waals surface area contributed by atoms with Gasteiger partial charge in [-0.25, -0.2) is 9.78 Å². The molecule has 176 valence electrons. The van der Waals surface area contributed by atoms with Crippen molar-refractivity contribution in [2.24, 2.45) is 13.0 Å². The van der Waals surface area contributed by atoms with Gasteiger partial charge in [0, 0.05) is 39.7 Å². The summed E-state index contributed by atoms with van der Waals surface area (Å²) in [7, 11) is 4.64. The van der Waals surface area contributed by atoms with E-state index in [1.165, 1.54) is 27.4 Å². The number of benzene rings is 1. The molecule has 0 bridgehead atoms. The molecule has 1 unspecified atom stereocenters. The summed E-state index contributed by atoms with van der Waals surface area (Å²) in [5.41, 5.74) is 0.0160. The van der Waals surface area contributed by atoms with E-state index in [2.05, 4.69) is 4.98 Å². The van der Waals surface area contributed by atoms with E-state index in [1.807, 2.05) is 19.9 Å². The van der Waals surface area contributed by atoms with Crippen molar-refractivity contribution in [3.8, 4) is 0 Å². The van der Waals surface area contributed by atoms with Gasteiger partial charge in [0.15, 0.2) is 11.2 Å². The molecule has 0 saturated heterocycles. The molecule has 1 atom stereocenters. The zero-order chi connectivity index (χ0) is 24.3. The number of hydrogen-bond acceptors (Lipinski definition) is 6. The second-order valence-corrected chi connectivity index (χ2v) is 8.52. The van der Waals surface area contributed by atoms with Crippen molar-refractivity contribution in [1.29, 1.82) is 0 Å². The first-order valence-corrected chi connectivity index (χ1v) is 10.7. The van der Waals surface area contributed by atoms with Gasteiger partial charge in [0.1, 0.15) is 6.33 Å². The molecule has 2 heterocycles. The first kappa shape index (κ1) is 24.0. The van der Waals surface area contributed by atoms with Crippen molar-refractivity contribution in [2.75, 3.05) is 14.1 Å². The van der Waals surface area contributed by atoms with Crippen LogP contribution in [0.4, 0.5) is 0 Å². The topological polar surface area (TPSA) is 108 Å². The van der Waals surface area contributed by atoms with Gasteiger partial charge in [0.2, 0.25) is 12.1 Å². The third kappa shape index (κ3) is 5.05. The van der Waals surface area contributed by atoms with E-state index in [4.69, 9.17) is 4.74 Å². The number of hydrogen-bond donors (Lipinski definition) is 0. The lowest BCUT2D eigenvalue weighted by atomic mass is 10.2. The smallest absolute Gasteiger partial charge is 0.332 e. The zero-order valence-electron chi connectivity index (χ0n) is 19.5. The molecule has 33 heavy (non-hydrogen) atoms. The fraction of sp³-hybridized carbons (Fsp3) is 0.435. The molecule has 3 aromatic rings. The Morgan fingerprint density at radius 3 is 2.36 bits per heavy atom. The number of ether oxygens (including phenoxy) is 1. The van der Waals surface area contributed by atoms with Gasteiger partial charge in [-0.3, -0.25) is 28.1 Å². The Bertz CT molecular complexity index is 1270. The predicted octanol–water partition coefficient (Wildman–Crippen LogP) is 1.51. The molecule has 2 aromatic heterocycles. The fourth-order valence-electron chi connectivity index (χ4n) is 3.50. The van der Waals surface area contributed by atoms with Crippen LogP contribution in [-0.2, 0) is 27.9 Å². The van der Waals surface area contributed by atoms with Gasteiger partial charge in [-0.1, -0.05) is 44.2 Å². The monoisotopic (exact) mass is 455 g/mol. The Morgan fingerprint density at radius 2 is 1.76 bits per heavy atom. The minimum Gasteiger partial charge on any atom is -0.437 e. The molecule has 3 rings (SSSR count). The molecule has 0 aliphatic heterocycles. The van der Waals surface area contributed by atoms with Crippen LogP contribution in [0.25, 0.3) is 11.2 Å². The number of fused-ring (bicyclic) bond motifs is 1. The SMILES string of the molecule is CC(C)Cn1c(=O)n(C)c(=O)c2c1ncn2C(OC(=O)CCC(=O)N(C)C)c1ccccc1. The molecule has 10 heteroatoms. The Hall–Kier alpha value is -3.69. The molecule has 1 aromatic carbocycles. The standard InChI is InChI=1S/C23H29N5O5/c1-15(2)13-27-20-19(21(31)26(5)23(27)32)28(14-24-20)22(16-9-7-6-8-10-16)33-18(30)12-11-17(29)25(3)4/h6-10,14-15,22H,11-13H2,1-5H3. The van der Waals surface area contributed by atoms with Crippen LogP contribution in [0.3, 0.4) is 0 Å². The second-order valence-electron chi connectivity index (χ2n) is 8.52. The van der Waals surface area contributed by atoms with Crippen LogP contribution >= 0.6 is 0 Å². The molecular formula is C23H29N5O5. The van der Waals surface area contributed by atoms with E-state index in [-0.39, 0.29) is 35.8 Å². The van der Waals surface area contributed by atoms with Crippen molar-refractivity contribution in [3.63, 3.8) is 0 Å². The minimum absolute atomic E-state index is 0.00765. The van der Waals surface area contributed by atoms with Crippen LogP contribution in [0, 0.1) is 5.92 Å². The molecule has 0 aliphatic rings. The highest BCUT2D eigenvalue weighted by atomic mass is 16.6. The summed E-state index contributed by atoms with van der Waals surface area (Å²) in [4.78, 5) is 56.1. The number of carbonyl (C=O) groups is 2. The van der Waals surface area contributed by atoms with Gasteiger partial charge < -0.3 is 9.64 Å². The molecule has 0 radical (unpaired) electrons. The first-order valence-electron chi connectivity index (χ1n) is 10.7. The van der Waals surface area contributed by atoms with E-state index >= 15 is 0 Å². The van der Waals surface area contributed by atoms with Crippen molar-refractivity contribution >= 4 is 23.0 Å². The number of imidazole rings is 1. The summed E-state index contributed by atoms with van der Waals surface area (Å²) < 4.78 is 9.70. The molecule has 1 amide bonds. The van der Waals surface area contributed by atoms with Crippen LogP contribution in [0.2, 0.25) is 0 Å². The minimum atomic E-state index is -0.990. The van der Waals surface area contributed by atoms with Crippen molar-refractivity contribution in [3.05, 3.63) is 63.1 Å². The van der Waals surface area contributed by atoms with Crippen LogP contribution in [0.15, 0.2) is 46.2 Å². The number of amides is 1. The molecule has 0 saturated carbocycles. The first-order chi connectivity index (χ1) is 15.6. The zero-order valence-corrected chi connectivity index (χ0v) is 19.5. The highest BCUT2D eigenvalue weighted by Gasteiger charge is 2.25. The van der Waals surface area contributed by atoms with E-state index in [9.17, 15) is 19.2 Å². The summed E-state index contributed by atoms with van der Waals surface area (Å²) in [6, 6.07) is 8.94. The van der Waals surface area contributed by atoms with Gasteiger partial charge in [-0.05, 0) is 5.92 Å². The lowest BCUT2D eigenvalue weighted by molar-refractivity contribution is -0.152. The summed E-state index contributed by atoms with van der Waals surface area (Å²) >= 11 is 0. The number of aromatic nitrogens is 4. The van der Waals surface area contributed by atoms with E-state index < -0.39 is 23.4 Å². The maximum absolute atomic E-state index is 13.1. The van der Waals surface area contributed by atoms with Crippen LogP contribution in [-0.4, -0.2) is 49.6 Å².